The van der Waals surface area contributed by atoms with Gasteiger partial charge < -0.3 is 10.2 Å². The van der Waals surface area contributed by atoms with Crippen molar-refractivity contribution in [3.63, 3.8) is 0 Å². The van der Waals surface area contributed by atoms with Gasteiger partial charge in [-0.15, -0.1) is 0 Å². The van der Waals surface area contributed by atoms with Gasteiger partial charge in [-0.3, -0.25) is 18.8 Å². The van der Waals surface area contributed by atoms with Gasteiger partial charge in [-0.05, 0) is 44.5 Å². The molecule has 1 aliphatic heterocycles. The number of aromatic nitrogens is 2. The second-order valence-corrected chi connectivity index (χ2v) is 7.50. The molecule has 1 aromatic carbocycles. The van der Waals surface area contributed by atoms with Crippen LogP contribution in [0.3, 0.4) is 0 Å². The Morgan fingerprint density at radius 3 is 2.19 bits per heavy atom. The van der Waals surface area contributed by atoms with E-state index in [2.05, 4.69) is 23.7 Å². The molecule has 0 unspecified atom stereocenters. The van der Waals surface area contributed by atoms with Crippen LogP contribution in [-0.4, -0.2) is 55.8 Å². The van der Waals surface area contributed by atoms with E-state index in [9.17, 15) is 9.59 Å². The Bertz CT molecular complexity index is 1100. The third-order valence-corrected chi connectivity index (χ3v) is 5.16. The standard InChI is InChI=1S/C21H27N3O2.C2H2O4/c1-2-3-6-17-24-20(25)18-11-4-5-12-19(18)23(21(24)26)16-10-9-15-22-13-7-8-14-22;3-1(4)2(5)6/h4-5,11-12H,2-3,6-8,13-17H2,1H3;(H,3,4)(H,5,6). The van der Waals surface area contributed by atoms with Crippen molar-refractivity contribution in [1.29, 1.82) is 0 Å². The highest BCUT2D eigenvalue weighted by atomic mass is 16.4. The van der Waals surface area contributed by atoms with Crippen LogP contribution in [0, 0.1) is 11.8 Å². The van der Waals surface area contributed by atoms with Crippen molar-refractivity contribution in [2.75, 3.05) is 19.6 Å². The van der Waals surface area contributed by atoms with Crippen LogP contribution in [0.2, 0.25) is 0 Å². The summed E-state index contributed by atoms with van der Waals surface area (Å²) in [7, 11) is 0. The maximum Gasteiger partial charge on any atom is 0.414 e. The summed E-state index contributed by atoms with van der Waals surface area (Å²) in [6, 6.07) is 7.32. The van der Waals surface area contributed by atoms with Crippen LogP contribution in [-0.2, 0) is 22.7 Å². The number of para-hydroxylation sites is 1. The molecular formula is C23H29N3O6. The van der Waals surface area contributed by atoms with Gasteiger partial charge in [-0.25, -0.2) is 14.4 Å². The zero-order chi connectivity index (χ0) is 23.5. The topological polar surface area (TPSA) is 122 Å². The lowest BCUT2D eigenvalue weighted by Gasteiger charge is -2.12. The molecule has 9 heteroatoms. The molecule has 3 rings (SSSR count). The number of fused-ring (bicyclic) bond motifs is 1. The number of aliphatic carboxylic acids is 2. The molecule has 1 saturated heterocycles. The molecule has 1 fully saturated rings. The number of likely N-dealkylation sites (tertiary alicyclic amines) is 1. The van der Waals surface area contributed by atoms with Crippen molar-refractivity contribution in [2.24, 2.45) is 0 Å². The van der Waals surface area contributed by atoms with Crippen LogP contribution in [0.1, 0.15) is 39.0 Å². The van der Waals surface area contributed by atoms with Gasteiger partial charge in [0.1, 0.15) is 0 Å². The Balaban J connectivity index is 0.000000534. The summed E-state index contributed by atoms with van der Waals surface area (Å²) >= 11 is 0. The van der Waals surface area contributed by atoms with Gasteiger partial charge in [0.2, 0.25) is 0 Å². The molecule has 1 aliphatic rings. The third kappa shape index (κ3) is 6.82. The summed E-state index contributed by atoms with van der Waals surface area (Å²) < 4.78 is 3.01. The Hall–Kier alpha value is -3.38. The average Bonchev–Trinajstić information content (AvgIpc) is 3.29. The number of hydrogen-bond donors (Lipinski definition) is 2. The first-order valence-corrected chi connectivity index (χ1v) is 10.7. The molecule has 2 N–H and O–H groups in total. The van der Waals surface area contributed by atoms with E-state index in [0.29, 0.717) is 24.0 Å². The first kappa shape index (κ1) is 24.9. The Labute approximate surface area is 185 Å². The van der Waals surface area contributed by atoms with Crippen LogP contribution < -0.4 is 11.2 Å². The highest BCUT2D eigenvalue weighted by Gasteiger charge is 2.12. The largest absolute Gasteiger partial charge is 0.473 e. The zero-order valence-corrected chi connectivity index (χ0v) is 18.2. The molecule has 0 aliphatic carbocycles. The minimum Gasteiger partial charge on any atom is -0.473 e. The van der Waals surface area contributed by atoms with E-state index < -0.39 is 11.9 Å². The summed E-state index contributed by atoms with van der Waals surface area (Å²) in [5.41, 5.74) is 0.230. The highest BCUT2D eigenvalue weighted by molar-refractivity contribution is 6.27. The summed E-state index contributed by atoms with van der Waals surface area (Å²) in [5.74, 6) is 2.67. The predicted octanol–water partition coefficient (Wildman–Crippen LogP) is 1.61. The number of rotatable bonds is 6. The fourth-order valence-electron chi connectivity index (χ4n) is 3.48. The first-order valence-electron chi connectivity index (χ1n) is 10.7. The Morgan fingerprint density at radius 2 is 1.56 bits per heavy atom. The highest BCUT2D eigenvalue weighted by Crippen LogP contribution is 2.08. The number of carboxylic acids is 2. The third-order valence-electron chi connectivity index (χ3n) is 5.16. The number of carboxylic acid groups (broad SMARTS) is 2. The van der Waals surface area contributed by atoms with E-state index >= 15 is 0 Å². The predicted molar refractivity (Wildman–Crippen MR) is 121 cm³/mol. The molecule has 0 amide bonds. The lowest BCUT2D eigenvalue weighted by Crippen LogP contribution is -2.40. The van der Waals surface area contributed by atoms with Crippen LogP contribution in [0.25, 0.3) is 10.9 Å². The quantitative estimate of drug-likeness (QED) is 0.395. The van der Waals surface area contributed by atoms with Crippen LogP contribution in [0.5, 0.6) is 0 Å². The second-order valence-electron chi connectivity index (χ2n) is 7.50. The second kappa shape index (κ2) is 12.5. The van der Waals surface area contributed by atoms with Crippen LogP contribution >= 0.6 is 0 Å². The van der Waals surface area contributed by atoms with E-state index in [1.54, 1.807) is 10.6 Å². The summed E-state index contributed by atoms with van der Waals surface area (Å²) in [4.78, 5) is 46.1. The van der Waals surface area contributed by atoms with Gasteiger partial charge in [-0.1, -0.05) is 43.7 Å². The molecule has 2 aromatic rings. The normalized spacial score (nSPS) is 13.2. The van der Waals surface area contributed by atoms with E-state index in [0.717, 1.165) is 38.9 Å². The molecule has 1 aromatic heterocycles. The molecule has 0 atom stereocenters. The number of hydrogen-bond acceptors (Lipinski definition) is 5. The summed E-state index contributed by atoms with van der Waals surface area (Å²) in [6.07, 6.45) is 5.39. The van der Waals surface area contributed by atoms with Crippen LogP contribution in [0.4, 0.5) is 0 Å². The fourth-order valence-corrected chi connectivity index (χ4v) is 3.48. The lowest BCUT2D eigenvalue weighted by molar-refractivity contribution is -0.159. The fraction of sp³-hybridized carbons (Fsp3) is 0.478. The van der Waals surface area contributed by atoms with Gasteiger partial charge in [0, 0.05) is 6.54 Å². The molecule has 0 radical (unpaired) electrons. The minimum absolute atomic E-state index is 0.192. The monoisotopic (exact) mass is 443 g/mol. The average molecular weight is 444 g/mol. The summed E-state index contributed by atoms with van der Waals surface area (Å²) in [5, 5.41) is 15.4. The molecule has 0 saturated carbocycles. The number of carbonyl (C=O) groups is 2. The maximum absolute atomic E-state index is 12.9. The summed E-state index contributed by atoms with van der Waals surface area (Å²) in [6.45, 7) is 5.87. The Kier molecular flexibility index (Phi) is 9.70. The first-order chi connectivity index (χ1) is 15.4. The molecule has 2 heterocycles. The van der Waals surface area contributed by atoms with Gasteiger partial charge in [0.15, 0.2) is 0 Å². The number of unbranched alkanes of at least 4 members (excludes halogenated alkanes) is 2. The number of benzene rings is 1. The van der Waals surface area contributed by atoms with Crippen molar-refractivity contribution in [3.8, 4) is 11.8 Å². The van der Waals surface area contributed by atoms with Crippen molar-refractivity contribution in [1.82, 2.24) is 14.0 Å². The van der Waals surface area contributed by atoms with Gasteiger partial charge in [0.25, 0.3) is 5.56 Å². The van der Waals surface area contributed by atoms with E-state index in [1.165, 1.54) is 17.4 Å². The van der Waals surface area contributed by atoms with Crippen molar-refractivity contribution in [3.05, 3.63) is 45.1 Å². The molecule has 0 spiro atoms. The molecule has 32 heavy (non-hydrogen) atoms. The van der Waals surface area contributed by atoms with E-state index in [-0.39, 0.29) is 11.2 Å². The van der Waals surface area contributed by atoms with Crippen molar-refractivity contribution in [2.45, 2.75) is 52.1 Å². The van der Waals surface area contributed by atoms with Gasteiger partial charge in [0.05, 0.1) is 24.0 Å². The van der Waals surface area contributed by atoms with Crippen LogP contribution in [0.15, 0.2) is 33.9 Å². The van der Waals surface area contributed by atoms with Gasteiger partial charge >= 0.3 is 17.6 Å². The lowest BCUT2D eigenvalue weighted by atomic mass is 10.2. The van der Waals surface area contributed by atoms with Gasteiger partial charge in [-0.2, -0.15) is 0 Å². The molecule has 172 valence electrons. The maximum atomic E-state index is 12.9. The van der Waals surface area contributed by atoms with Crippen molar-refractivity contribution < 1.29 is 19.8 Å². The molecule has 9 nitrogen and oxygen atoms in total. The minimum atomic E-state index is -1.82. The Morgan fingerprint density at radius 1 is 0.938 bits per heavy atom. The van der Waals surface area contributed by atoms with E-state index in [1.807, 2.05) is 18.2 Å². The number of nitrogens with zero attached hydrogens (tertiary/aromatic N) is 3. The zero-order valence-electron chi connectivity index (χ0n) is 18.2. The molecule has 0 bridgehead atoms. The van der Waals surface area contributed by atoms with Crippen molar-refractivity contribution >= 4 is 22.8 Å². The molecular weight excluding hydrogens is 414 g/mol. The smallest absolute Gasteiger partial charge is 0.414 e. The SMILES string of the molecule is CCCCCn1c(=O)c2ccccc2n(CC#CCN2CCCC2)c1=O.O=C(O)C(=O)O. The van der Waals surface area contributed by atoms with E-state index in [4.69, 9.17) is 19.8 Å².